The number of hydrogen-bond acceptors (Lipinski definition) is 5. The summed E-state index contributed by atoms with van der Waals surface area (Å²) < 4.78 is 1.92. The second-order valence-corrected chi connectivity index (χ2v) is 5.90. The van der Waals surface area contributed by atoms with E-state index < -0.39 is 18.1 Å². The number of aromatic nitrogens is 3. The van der Waals surface area contributed by atoms with Crippen molar-refractivity contribution < 1.29 is 14.7 Å². The molecule has 1 aromatic rings. The zero-order chi connectivity index (χ0) is 16.3. The third-order valence-corrected chi connectivity index (χ3v) is 4.47. The summed E-state index contributed by atoms with van der Waals surface area (Å²) in [7, 11) is 0. The van der Waals surface area contributed by atoms with E-state index in [0.717, 1.165) is 5.82 Å². The van der Waals surface area contributed by atoms with Gasteiger partial charge in [-0.2, -0.15) is 0 Å². The van der Waals surface area contributed by atoms with E-state index in [0.29, 0.717) is 26.0 Å². The molecule has 2 rings (SSSR count). The van der Waals surface area contributed by atoms with Crippen LogP contribution in [-0.2, 0) is 22.7 Å². The molecule has 0 fully saturated rings. The van der Waals surface area contributed by atoms with Crippen LogP contribution < -0.4 is 5.32 Å². The van der Waals surface area contributed by atoms with Gasteiger partial charge in [-0.3, -0.25) is 9.59 Å². The summed E-state index contributed by atoms with van der Waals surface area (Å²) in [6.45, 7) is 6.93. The Hall–Kier alpha value is -1.96. The fourth-order valence-corrected chi connectivity index (χ4v) is 2.83. The highest BCUT2D eigenvalue weighted by molar-refractivity contribution is 5.79. The maximum Gasteiger partial charge on any atom is 0.227 e. The summed E-state index contributed by atoms with van der Waals surface area (Å²) in [6.07, 6.45) is 1.63. The van der Waals surface area contributed by atoms with E-state index in [-0.39, 0.29) is 11.8 Å². The van der Waals surface area contributed by atoms with Gasteiger partial charge in [0.1, 0.15) is 6.33 Å². The molecule has 1 aliphatic rings. The Kier molecular flexibility index (Phi) is 5.12. The predicted molar refractivity (Wildman–Crippen MR) is 78.4 cm³/mol. The van der Waals surface area contributed by atoms with E-state index in [9.17, 15) is 14.7 Å². The maximum absolute atomic E-state index is 12.7. The van der Waals surface area contributed by atoms with Gasteiger partial charge in [-0.05, 0) is 6.92 Å². The summed E-state index contributed by atoms with van der Waals surface area (Å²) >= 11 is 0. The van der Waals surface area contributed by atoms with E-state index in [2.05, 4.69) is 15.5 Å². The Balaban J connectivity index is 2.08. The molecule has 0 saturated heterocycles. The average Bonchev–Trinajstić information content (AvgIpc) is 2.97. The summed E-state index contributed by atoms with van der Waals surface area (Å²) in [5.74, 6) is 0.0539. The monoisotopic (exact) mass is 309 g/mol. The molecular weight excluding hydrogens is 286 g/mol. The van der Waals surface area contributed by atoms with Crippen LogP contribution in [0.4, 0.5) is 0 Å². The number of carbonyl (C=O) groups is 2. The first-order valence-electron chi connectivity index (χ1n) is 7.49. The maximum atomic E-state index is 12.7. The highest BCUT2D eigenvalue weighted by Gasteiger charge is 2.34. The largest absolute Gasteiger partial charge is 0.393 e. The Morgan fingerprint density at radius 1 is 1.41 bits per heavy atom. The number of aliphatic hydroxyl groups excluding tert-OH is 1. The summed E-state index contributed by atoms with van der Waals surface area (Å²) in [5, 5.41) is 20.3. The molecule has 0 unspecified atom stereocenters. The number of amides is 2. The molecule has 0 radical (unpaired) electrons. The molecule has 2 N–H and O–H groups in total. The number of carbonyl (C=O) groups excluding carboxylic acids is 2. The van der Waals surface area contributed by atoms with Crippen LogP contribution in [0.2, 0.25) is 0 Å². The second kappa shape index (κ2) is 6.87. The van der Waals surface area contributed by atoms with Gasteiger partial charge in [-0.25, -0.2) is 0 Å². The second-order valence-electron chi connectivity index (χ2n) is 5.90. The first kappa shape index (κ1) is 16.4. The predicted octanol–water partition coefficient (Wildman–Crippen LogP) is -0.612. The third-order valence-electron chi connectivity index (χ3n) is 4.47. The normalized spacial score (nSPS) is 19.7. The number of rotatable bonds is 6. The number of hydrogen-bond donors (Lipinski definition) is 2. The lowest BCUT2D eigenvalue weighted by Crippen LogP contribution is -2.51. The Morgan fingerprint density at radius 2 is 2.14 bits per heavy atom. The van der Waals surface area contributed by atoms with Gasteiger partial charge in [0.2, 0.25) is 12.3 Å². The summed E-state index contributed by atoms with van der Waals surface area (Å²) in [5.41, 5.74) is 0. The molecule has 0 aromatic carbocycles. The lowest BCUT2D eigenvalue weighted by Gasteiger charge is -2.35. The molecule has 2 heterocycles. The zero-order valence-electron chi connectivity index (χ0n) is 13.1. The van der Waals surface area contributed by atoms with Crippen LogP contribution in [0.1, 0.15) is 26.6 Å². The van der Waals surface area contributed by atoms with Crippen molar-refractivity contribution >= 4 is 12.3 Å². The van der Waals surface area contributed by atoms with E-state index in [1.165, 1.54) is 0 Å². The summed E-state index contributed by atoms with van der Waals surface area (Å²) in [6, 6.07) is -0.412. The molecule has 0 aliphatic carbocycles. The minimum atomic E-state index is -0.614. The molecule has 4 atom stereocenters. The van der Waals surface area contributed by atoms with Crippen LogP contribution in [0.5, 0.6) is 0 Å². The van der Waals surface area contributed by atoms with Crippen LogP contribution in [0, 0.1) is 11.8 Å². The van der Waals surface area contributed by atoms with Crippen molar-refractivity contribution in [1.29, 1.82) is 0 Å². The molecule has 1 aromatic heterocycles. The Morgan fingerprint density at radius 3 is 2.77 bits per heavy atom. The molecule has 22 heavy (non-hydrogen) atoms. The molecular formula is C14H23N5O3. The molecule has 8 nitrogen and oxygen atoms in total. The number of nitrogens with zero attached hydrogens (tertiary/aromatic N) is 4. The Labute approximate surface area is 129 Å². The van der Waals surface area contributed by atoms with E-state index in [1.54, 1.807) is 25.1 Å². The number of fused-ring (bicyclic) bond motifs is 1. The summed E-state index contributed by atoms with van der Waals surface area (Å²) in [4.78, 5) is 25.3. The van der Waals surface area contributed by atoms with Gasteiger partial charge in [0.15, 0.2) is 5.82 Å². The minimum Gasteiger partial charge on any atom is -0.393 e. The van der Waals surface area contributed by atoms with Gasteiger partial charge in [0.05, 0.1) is 18.6 Å². The van der Waals surface area contributed by atoms with Gasteiger partial charge in [0.25, 0.3) is 0 Å². The van der Waals surface area contributed by atoms with Crippen molar-refractivity contribution in [2.45, 2.75) is 46.0 Å². The van der Waals surface area contributed by atoms with Gasteiger partial charge >= 0.3 is 0 Å². The average molecular weight is 309 g/mol. The van der Waals surface area contributed by atoms with E-state index in [1.807, 2.05) is 11.5 Å². The highest BCUT2D eigenvalue weighted by atomic mass is 16.3. The van der Waals surface area contributed by atoms with Crippen LogP contribution in [0.25, 0.3) is 0 Å². The zero-order valence-corrected chi connectivity index (χ0v) is 13.1. The fraction of sp³-hybridized carbons (Fsp3) is 0.714. The highest BCUT2D eigenvalue weighted by Crippen LogP contribution is 2.20. The SMILES string of the molecule is C[C@@H]([C@H](NC=O)[C@@H](C)C(=O)N1CCn2cnnc2C1)[C@@H](C)O. The van der Waals surface area contributed by atoms with Crippen LogP contribution >= 0.6 is 0 Å². The van der Waals surface area contributed by atoms with Crippen LogP contribution in [-0.4, -0.2) is 55.8 Å². The van der Waals surface area contributed by atoms with Crippen LogP contribution in [0.3, 0.4) is 0 Å². The fourth-order valence-electron chi connectivity index (χ4n) is 2.83. The quantitative estimate of drug-likeness (QED) is 0.683. The Bertz CT molecular complexity index is 530. The smallest absolute Gasteiger partial charge is 0.227 e. The van der Waals surface area contributed by atoms with Crippen molar-refractivity contribution in [2.75, 3.05) is 6.54 Å². The van der Waals surface area contributed by atoms with Crippen molar-refractivity contribution in [3.8, 4) is 0 Å². The molecule has 0 spiro atoms. The lowest BCUT2D eigenvalue weighted by molar-refractivity contribution is -0.138. The van der Waals surface area contributed by atoms with E-state index in [4.69, 9.17) is 0 Å². The van der Waals surface area contributed by atoms with Gasteiger partial charge in [-0.1, -0.05) is 13.8 Å². The first-order valence-corrected chi connectivity index (χ1v) is 7.49. The molecule has 8 heteroatoms. The lowest BCUT2D eigenvalue weighted by atomic mass is 9.86. The third kappa shape index (κ3) is 3.27. The number of nitrogens with one attached hydrogen (secondary N) is 1. The van der Waals surface area contributed by atoms with Gasteiger partial charge < -0.3 is 19.9 Å². The molecule has 0 bridgehead atoms. The topological polar surface area (TPSA) is 100 Å². The van der Waals surface area contributed by atoms with Crippen molar-refractivity contribution in [3.05, 3.63) is 12.2 Å². The van der Waals surface area contributed by atoms with Crippen LogP contribution in [0.15, 0.2) is 6.33 Å². The van der Waals surface area contributed by atoms with Gasteiger partial charge in [-0.15, -0.1) is 10.2 Å². The first-order chi connectivity index (χ1) is 10.5. The molecule has 1 aliphatic heterocycles. The standard InChI is InChI=1S/C14H23N5O3/c1-9(11(3)21)13(15-8-20)10(2)14(22)18-4-5-19-7-16-17-12(19)6-18/h7-11,13,21H,4-6H2,1-3H3,(H,15,20)/t9-,10-,11-,13+/m1/s1. The number of aliphatic hydroxyl groups is 1. The molecule has 2 amide bonds. The van der Waals surface area contributed by atoms with Crippen molar-refractivity contribution in [2.24, 2.45) is 11.8 Å². The molecule has 122 valence electrons. The van der Waals surface area contributed by atoms with E-state index >= 15 is 0 Å². The van der Waals surface area contributed by atoms with Crippen molar-refractivity contribution in [1.82, 2.24) is 25.0 Å². The van der Waals surface area contributed by atoms with Crippen molar-refractivity contribution in [3.63, 3.8) is 0 Å². The van der Waals surface area contributed by atoms with Gasteiger partial charge in [0, 0.05) is 25.0 Å². The minimum absolute atomic E-state index is 0.0545. The molecule has 0 saturated carbocycles.